The van der Waals surface area contributed by atoms with E-state index in [0.29, 0.717) is 19.3 Å². The van der Waals surface area contributed by atoms with Crippen molar-refractivity contribution >= 4 is 19.8 Å². The van der Waals surface area contributed by atoms with Gasteiger partial charge in [0, 0.05) is 19.4 Å². The van der Waals surface area contributed by atoms with Crippen LogP contribution in [0.2, 0.25) is 0 Å². The summed E-state index contributed by atoms with van der Waals surface area (Å²) < 4.78 is 32.7. The van der Waals surface area contributed by atoms with Gasteiger partial charge in [-0.05, 0) is 70.6 Å². The standard InChI is InChI=1S/C45H80NO9P/c1-3-5-7-8-9-10-11-12-13-14-15-16-17-18-19-22-25-28-32-36-44(48)52-40-43(41-54-56(50,51)53-39-38-46)55-45(49)37-33-29-26-23-20-21-24-27-31-35-42(47)34-30-6-4-2/h6,9-10,12-13,24,27,30-31,35,42-43,47H,3-5,7-8,11,14-23,25-26,28-29,32-34,36-41,46H2,1-2H3,(H,50,51)/b10-9-,13-12-,27-24+,30-6+,35-31+/t42?,43-/m1/s1. The van der Waals surface area contributed by atoms with Crippen molar-refractivity contribution in [1.82, 2.24) is 0 Å². The maximum Gasteiger partial charge on any atom is 0.472 e. The Morgan fingerprint density at radius 3 is 1.79 bits per heavy atom. The summed E-state index contributed by atoms with van der Waals surface area (Å²) in [6.45, 7) is 3.44. The molecule has 4 N–H and O–H groups in total. The van der Waals surface area contributed by atoms with E-state index in [1.54, 1.807) is 6.08 Å². The predicted molar refractivity (Wildman–Crippen MR) is 230 cm³/mol. The van der Waals surface area contributed by atoms with Crippen molar-refractivity contribution in [2.24, 2.45) is 5.73 Å². The minimum absolute atomic E-state index is 0.0380. The number of allylic oxidation sites excluding steroid dienone is 8. The van der Waals surface area contributed by atoms with E-state index in [2.05, 4.69) is 44.2 Å². The highest BCUT2D eigenvalue weighted by Crippen LogP contribution is 2.43. The quantitative estimate of drug-likeness (QED) is 0.0179. The van der Waals surface area contributed by atoms with Crippen LogP contribution in [0.25, 0.3) is 0 Å². The summed E-state index contributed by atoms with van der Waals surface area (Å²) in [4.78, 5) is 34.9. The first-order valence-corrected chi connectivity index (χ1v) is 23.4. The molecule has 3 atom stereocenters. The zero-order valence-electron chi connectivity index (χ0n) is 35.2. The zero-order valence-corrected chi connectivity index (χ0v) is 36.1. The topological polar surface area (TPSA) is 155 Å². The van der Waals surface area contributed by atoms with Gasteiger partial charge >= 0.3 is 19.8 Å². The van der Waals surface area contributed by atoms with Crippen LogP contribution in [0.5, 0.6) is 0 Å². The van der Waals surface area contributed by atoms with Crippen molar-refractivity contribution < 1.29 is 42.7 Å². The van der Waals surface area contributed by atoms with Gasteiger partial charge in [-0.25, -0.2) is 4.57 Å². The van der Waals surface area contributed by atoms with E-state index < -0.39 is 38.6 Å². The summed E-state index contributed by atoms with van der Waals surface area (Å²) in [5.41, 5.74) is 5.34. The van der Waals surface area contributed by atoms with E-state index in [1.165, 1.54) is 57.8 Å². The maximum absolute atomic E-state index is 12.6. The van der Waals surface area contributed by atoms with Gasteiger partial charge < -0.3 is 25.2 Å². The zero-order chi connectivity index (χ0) is 41.2. The normalized spacial score (nSPS) is 14.4. The van der Waals surface area contributed by atoms with E-state index in [1.807, 2.05) is 24.3 Å². The number of esters is 2. The molecule has 0 amide bonds. The second-order valence-electron chi connectivity index (χ2n) is 14.4. The first kappa shape index (κ1) is 53.7. The molecule has 0 aromatic heterocycles. The maximum atomic E-state index is 12.6. The molecule has 0 aliphatic heterocycles. The summed E-state index contributed by atoms with van der Waals surface area (Å²) in [5.74, 6) is -0.890. The molecule has 324 valence electrons. The highest BCUT2D eigenvalue weighted by molar-refractivity contribution is 7.47. The smallest absolute Gasteiger partial charge is 0.462 e. The third kappa shape index (κ3) is 39.9. The molecule has 0 spiro atoms. The van der Waals surface area contributed by atoms with Crippen LogP contribution >= 0.6 is 7.82 Å². The number of aliphatic hydroxyl groups is 1. The van der Waals surface area contributed by atoms with Crippen molar-refractivity contribution in [2.45, 2.75) is 187 Å². The van der Waals surface area contributed by atoms with Gasteiger partial charge in [-0.2, -0.15) is 0 Å². The molecule has 56 heavy (non-hydrogen) atoms. The molecule has 0 aliphatic rings. The van der Waals surface area contributed by atoms with Crippen LogP contribution in [0.15, 0.2) is 60.8 Å². The lowest BCUT2D eigenvalue weighted by atomic mass is 10.1. The van der Waals surface area contributed by atoms with E-state index in [-0.39, 0.29) is 32.6 Å². The van der Waals surface area contributed by atoms with Crippen LogP contribution in [-0.4, -0.2) is 60.5 Å². The predicted octanol–water partition coefficient (Wildman–Crippen LogP) is 11.5. The third-order valence-corrected chi connectivity index (χ3v) is 9.95. The molecule has 10 nitrogen and oxygen atoms in total. The van der Waals surface area contributed by atoms with Crippen molar-refractivity contribution in [3.63, 3.8) is 0 Å². The summed E-state index contributed by atoms with van der Waals surface area (Å²) in [6, 6.07) is 0. The molecule has 0 rings (SSSR count). The first-order valence-electron chi connectivity index (χ1n) is 21.9. The number of hydrogen-bond acceptors (Lipinski definition) is 9. The molecule has 11 heteroatoms. The van der Waals surface area contributed by atoms with Crippen molar-refractivity contribution in [3.05, 3.63) is 60.8 Å². The second-order valence-corrected chi connectivity index (χ2v) is 15.8. The average molecular weight is 810 g/mol. The van der Waals surface area contributed by atoms with E-state index >= 15 is 0 Å². The molecule has 0 aliphatic carbocycles. The van der Waals surface area contributed by atoms with Crippen molar-refractivity contribution in [1.29, 1.82) is 0 Å². The number of nitrogens with two attached hydrogens (primary N) is 1. The lowest BCUT2D eigenvalue weighted by Gasteiger charge is -2.19. The van der Waals surface area contributed by atoms with Crippen molar-refractivity contribution in [3.8, 4) is 0 Å². The van der Waals surface area contributed by atoms with E-state index in [0.717, 1.165) is 70.6 Å². The molecule has 0 radical (unpaired) electrons. The van der Waals surface area contributed by atoms with E-state index in [9.17, 15) is 24.2 Å². The molecule has 2 unspecified atom stereocenters. The van der Waals surface area contributed by atoms with E-state index in [4.69, 9.17) is 24.3 Å². The Labute approximate surface area is 341 Å². The largest absolute Gasteiger partial charge is 0.472 e. The number of carbonyl (C=O) groups is 2. The number of rotatable bonds is 40. The van der Waals surface area contributed by atoms with Crippen molar-refractivity contribution in [2.75, 3.05) is 26.4 Å². The number of ether oxygens (including phenoxy) is 2. The number of carbonyl (C=O) groups excluding carboxylic acids is 2. The lowest BCUT2D eigenvalue weighted by Crippen LogP contribution is -2.29. The van der Waals surface area contributed by atoms with Crippen LogP contribution in [0.3, 0.4) is 0 Å². The van der Waals surface area contributed by atoms with Gasteiger partial charge in [-0.1, -0.05) is 152 Å². The Bertz CT molecular complexity index is 1120. The number of aliphatic hydroxyl groups excluding tert-OH is 1. The fourth-order valence-electron chi connectivity index (χ4n) is 5.70. The van der Waals surface area contributed by atoms with Gasteiger partial charge in [-0.3, -0.25) is 18.6 Å². The van der Waals surface area contributed by atoms with Gasteiger partial charge in [0.05, 0.1) is 19.3 Å². The van der Waals surface area contributed by atoms with Crippen LogP contribution in [0.4, 0.5) is 0 Å². The Balaban J connectivity index is 4.21. The van der Waals surface area contributed by atoms with Gasteiger partial charge in [0.15, 0.2) is 6.10 Å². The number of unbranched alkanes of at least 4 members (excludes halogenated alkanes) is 17. The lowest BCUT2D eigenvalue weighted by molar-refractivity contribution is -0.161. The van der Waals surface area contributed by atoms with Gasteiger partial charge in [0.25, 0.3) is 0 Å². The Hall–Kier alpha value is -2.33. The average Bonchev–Trinajstić information content (AvgIpc) is 3.18. The minimum atomic E-state index is -4.40. The highest BCUT2D eigenvalue weighted by Gasteiger charge is 2.26. The summed E-state index contributed by atoms with van der Waals surface area (Å²) in [5, 5.41) is 9.87. The number of hydrogen-bond donors (Lipinski definition) is 3. The monoisotopic (exact) mass is 810 g/mol. The summed E-state index contributed by atoms with van der Waals surface area (Å²) >= 11 is 0. The van der Waals surface area contributed by atoms with Crippen LogP contribution in [0, 0.1) is 0 Å². The fraction of sp³-hybridized carbons (Fsp3) is 0.733. The first-order chi connectivity index (χ1) is 27.2. The number of phosphoric acid groups is 1. The highest BCUT2D eigenvalue weighted by atomic mass is 31.2. The molecular formula is C45H80NO9P. The van der Waals surface area contributed by atoms with Gasteiger partial charge in [0.2, 0.25) is 0 Å². The molecule has 0 fully saturated rings. The minimum Gasteiger partial charge on any atom is -0.462 e. The number of phosphoric ester groups is 1. The van der Waals surface area contributed by atoms with Gasteiger partial charge in [0.1, 0.15) is 6.61 Å². The Kier molecular flexibility index (Phi) is 39.2. The Morgan fingerprint density at radius 1 is 0.643 bits per heavy atom. The molecular weight excluding hydrogens is 729 g/mol. The summed E-state index contributed by atoms with van der Waals surface area (Å²) in [7, 11) is -4.40. The Morgan fingerprint density at radius 2 is 1.20 bits per heavy atom. The molecule has 0 aromatic carbocycles. The molecule has 0 saturated heterocycles. The molecule has 0 aromatic rings. The molecule has 0 bridgehead atoms. The third-order valence-electron chi connectivity index (χ3n) is 8.97. The summed E-state index contributed by atoms with van der Waals surface area (Å²) in [6.07, 6.45) is 44.3. The SMILES string of the molecule is CC/C=C/CC(O)/C=C/C=C/CCCCCCCC(=O)O[C@H](COC(=O)CCCCCCCCCCC/C=C\C/C=C\CCCCC)COP(=O)(O)OCCN. The van der Waals surface area contributed by atoms with Crippen LogP contribution in [-0.2, 0) is 32.7 Å². The second kappa shape index (κ2) is 40.9. The van der Waals surface area contributed by atoms with Crippen LogP contribution in [0.1, 0.15) is 174 Å². The molecule has 0 saturated carbocycles. The van der Waals surface area contributed by atoms with Crippen LogP contribution < -0.4 is 5.73 Å². The van der Waals surface area contributed by atoms with Gasteiger partial charge in [-0.15, -0.1) is 0 Å². The molecule has 0 heterocycles. The fourth-order valence-corrected chi connectivity index (χ4v) is 6.46.